The zero-order valence-corrected chi connectivity index (χ0v) is 14.4. The maximum absolute atomic E-state index is 6.16. The predicted molar refractivity (Wildman–Crippen MR) is 102 cm³/mol. The van der Waals surface area contributed by atoms with Crippen LogP contribution in [0, 0.1) is 0 Å². The quantitative estimate of drug-likeness (QED) is 0.436. The highest BCUT2D eigenvalue weighted by molar-refractivity contribution is 5.96. The van der Waals surface area contributed by atoms with Gasteiger partial charge >= 0.3 is 0 Å². The topological polar surface area (TPSA) is 35.0 Å². The van der Waals surface area contributed by atoms with Crippen LogP contribution >= 0.6 is 0 Å². The van der Waals surface area contributed by atoms with Crippen molar-refractivity contribution in [1.82, 2.24) is 9.97 Å². The van der Waals surface area contributed by atoms with Crippen molar-refractivity contribution in [3.05, 3.63) is 77.6 Å². The van der Waals surface area contributed by atoms with Crippen LogP contribution in [0.15, 0.2) is 60.9 Å². The minimum Gasteiger partial charge on any atom is -0.486 e. The second-order valence-corrected chi connectivity index (χ2v) is 7.04. The highest BCUT2D eigenvalue weighted by atomic mass is 16.5. The summed E-state index contributed by atoms with van der Waals surface area (Å²) in [5.41, 5.74) is 8.37. The maximum atomic E-state index is 6.16. The SMILES string of the molecule is CC1c2cccnc2-c2ccc3c(c21)-c1ncc2ccccc2c1OC3. The van der Waals surface area contributed by atoms with Gasteiger partial charge in [-0.25, -0.2) is 0 Å². The molecule has 2 aromatic heterocycles. The van der Waals surface area contributed by atoms with Crippen LogP contribution in [0.1, 0.15) is 29.5 Å². The summed E-state index contributed by atoms with van der Waals surface area (Å²) >= 11 is 0. The Morgan fingerprint density at radius 2 is 1.88 bits per heavy atom. The Morgan fingerprint density at radius 1 is 0.962 bits per heavy atom. The summed E-state index contributed by atoms with van der Waals surface area (Å²) in [5.74, 6) is 1.21. The number of hydrogen-bond donors (Lipinski definition) is 0. The summed E-state index contributed by atoms with van der Waals surface area (Å²) in [4.78, 5) is 9.47. The first kappa shape index (κ1) is 14.0. The van der Waals surface area contributed by atoms with E-state index in [1.165, 1.54) is 27.8 Å². The Bertz CT molecular complexity index is 1210. The van der Waals surface area contributed by atoms with Crippen molar-refractivity contribution in [2.75, 3.05) is 0 Å². The summed E-state index contributed by atoms with van der Waals surface area (Å²) in [6, 6.07) is 16.9. The maximum Gasteiger partial charge on any atom is 0.153 e. The van der Waals surface area contributed by atoms with Crippen LogP contribution in [0.2, 0.25) is 0 Å². The molecule has 3 heterocycles. The smallest absolute Gasteiger partial charge is 0.153 e. The number of aromatic nitrogens is 2. The van der Waals surface area contributed by atoms with Crippen LogP contribution in [0.4, 0.5) is 0 Å². The van der Waals surface area contributed by atoms with Gasteiger partial charge < -0.3 is 4.74 Å². The molecule has 26 heavy (non-hydrogen) atoms. The number of hydrogen-bond acceptors (Lipinski definition) is 3. The van der Waals surface area contributed by atoms with E-state index in [9.17, 15) is 0 Å². The van der Waals surface area contributed by atoms with Gasteiger partial charge in [-0.1, -0.05) is 49.4 Å². The molecule has 1 aliphatic heterocycles. The lowest BCUT2D eigenvalue weighted by atomic mass is 9.87. The van der Waals surface area contributed by atoms with Gasteiger partial charge in [0.05, 0.1) is 5.69 Å². The van der Waals surface area contributed by atoms with E-state index >= 15 is 0 Å². The van der Waals surface area contributed by atoms with Crippen molar-refractivity contribution >= 4 is 10.8 Å². The van der Waals surface area contributed by atoms with E-state index < -0.39 is 0 Å². The summed E-state index contributed by atoms with van der Waals surface area (Å²) in [5, 5.41) is 2.24. The Morgan fingerprint density at radius 3 is 2.85 bits per heavy atom. The summed E-state index contributed by atoms with van der Waals surface area (Å²) in [6.45, 7) is 2.85. The van der Waals surface area contributed by atoms with Crippen LogP contribution < -0.4 is 4.74 Å². The monoisotopic (exact) mass is 336 g/mol. The Balaban J connectivity index is 1.70. The highest BCUT2D eigenvalue weighted by Crippen LogP contribution is 2.52. The minimum atomic E-state index is 0.308. The number of benzene rings is 2. The van der Waals surface area contributed by atoms with Crippen molar-refractivity contribution in [3.8, 4) is 28.3 Å². The molecule has 0 amide bonds. The third-order valence-corrected chi connectivity index (χ3v) is 5.69. The molecule has 0 radical (unpaired) electrons. The molecule has 1 unspecified atom stereocenters. The molecular formula is C23H16N2O. The summed E-state index contributed by atoms with van der Waals surface area (Å²) in [6.07, 6.45) is 3.83. The van der Waals surface area contributed by atoms with E-state index in [1.54, 1.807) is 0 Å². The van der Waals surface area contributed by atoms with E-state index in [0.717, 1.165) is 27.9 Å². The molecule has 3 heteroatoms. The Kier molecular flexibility index (Phi) is 2.65. The van der Waals surface area contributed by atoms with Crippen molar-refractivity contribution in [3.63, 3.8) is 0 Å². The lowest BCUT2D eigenvalue weighted by molar-refractivity contribution is 0.304. The van der Waals surface area contributed by atoms with E-state index in [1.807, 2.05) is 24.5 Å². The molecule has 124 valence electrons. The molecule has 0 bridgehead atoms. The molecule has 4 aromatic rings. The molecule has 1 aliphatic carbocycles. The van der Waals surface area contributed by atoms with Gasteiger partial charge in [0.15, 0.2) is 5.75 Å². The molecule has 0 saturated carbocycles. The molecule has 0 fully saturated rings. The Labute approximate surface area is 151 Å². The molecule has 2 aliphatic rings. The van der Waals surface area contributed by atoms with Gasteiger partial charge in [0, 0.05) is 40.2 Å². The van der Waals surface area contributed by atoms with Crippen LogP contribution in [0.25, 0.3) is 33.3 Å². The Hall–Kier alpha value is -3.20. The van der Waals surface area contributed by atoms with Crippen molar-refractivity contribution in [2.45, 2.75) is 19.4 Å². The second-order valence-electron chi connectivity index (χ2n) is 7.04. The first-order chi connectivity index (χ1) is 12.8. The van der Waals surface area contributed by atoms with Gasteiger partial charge in [0.1, 0.15) is 12.3 Å². The zero-order chi connectivity index (χ0) is 17.3. The standard InChI is InChI=1S/C23H16N2O/c1-13-16-7-4-10-24-21(16)18-9-8-15-12-26-23-17-6-3-2-5-14(17)11-25-22(23)20(15)19(13)18/h2-11,13H,12H2,1H3. The van der Waals surface area contributed by atoms with Gasteiger partial charge in [-0.05, 0) is 22.8 Å². The average molecular weight is 336 g/mol. The van der Waals surface area contributed by atoms with E-state index in [-0.39, 0.29) is 0 Å². The van der Waals surface area contributed by atoms with E-state index in [0.29, 0.717) is 12.5 Å². The molecule has 2 aromatic carbocycles. The third-order valence-electron chi connectivity index (χ3n) is 5.69. The molecule has 0 saturated heterocycles. The van der Waals surface area contributed by atoms with E-state index in [4.69, 9.17) is 9.72 Å². The fourth-order valence-corrected chi connectivity index (χ4v) is 4.48. The number of ether oxygens (including phenoxy) is 1. The number of fused-ring (bicyclic) bond motifs is 9. The number of pyridine rings is 2. The normalized spacial score (nSPS) is 16.4. The number of nitrogens with zero attached hydrogens (tertiary/aromatic N) is 2. The third kappa shape index (κ3) is 1.67. The van der Waals surface area contributed by atoms with Gasteiger partial charge in [-0.3, -0.25) is 9.97 Å². The average Bonchev–Trinajstić information content (AvgIpc) is 3.00. The van der Waals surface area contributed by atoms with E-state index in [2.05, 4.69) is 48.3 Å². The first-order valence-electron chi connectivity index (χ1n) is 8.95. The molecular weight excluding hydrogens is 320 g/mol. The van der Waals surface area contributed by atoms with Crippen LogP contribution in [0.3, 0.4) is 0 Å². The van der Waals surface area contributed by atoms with Crippen LogP contribution in [-0.4, -0.2) is 9.97 Å². The van der Waals surface area contributed by atoms with Crippen molar-refractivity contribution in [2.24, 2.45) is 0 Å². The fraction of sp³-hybridized carbons (Fsp3) is 0.130. The van der Waals surface area contributed by atoms with Gasteiger partial charge in [0.25, 0.3) is 0 Å². The van der Waals surface area contributed by atoms with Gasteiger partial charge in [0.2, 0.25) is 0 Å². The molecule has 0 N–H and O–H groups in total. The minimum absolute atomic E-state index is 0.308. The molecule has 6 rings (SSSR count). The molecule has 3 nitrogen and oxygen atoms in total. The molecule has 1 atom stereocenters. The van der Waals surface area contributed by atoms with Crippen LogP contribution in [-0.2, 0) is 6.61 Å². The second kappa shape index (κ2) is 4.92. The van der Waals surface area contributed by atoms with Crippen LogP contribution in [0.5, 0.6) is 5.75 Å². The zero-order valence-electron chi connectivity index (χ0n) is 14.4. The lowest BCUT2D eigenvalue weighted by Gasteiger charge is -2.25. The highest BCUT2D eigenvalue weighted by Gasteiger charge is 2.33. The van der Waals surface area contributed by atoms with Gasteiger partial charge in [-0.2, -0.15) is 0 Å². The molecule has 0 spiro atoms. The first-order valence-corrected chi connectivity index (χ1v) is 8.95. The number of rotatable bonds is 0. The largest absolute Gasteiger partial charge is 0.486 e. The summed E-state index contributed by atoms with van der Waals surface area (Å²) in [7, 11) is 0. The summed E-state index contributed by atoms with van der Waals surface area (Å²) < 4.78 is 6.16. The predicted octanol–water partition coefficient (Wildman–Crippen LogP) is 5.32. The van der Waals surface area contributed by atoms with Crippen molar-refractivity contribution < 1.29 is 4.74 Å². The van der Waals surface area contributed by atoms with Gasteiger partial charge in [-0.15, -0.1) is 0 Å². The van der Waals surface area contributed by atoms with Crippen molar-refractivity contribution in [1.29, 1.82) is 0 Å². The lowest BCUT2D eigenvalue weighted by Crippen LogP contribution is -2.10. The fourth-order valence-electron chi connectivity index (χ4n) is 4.48.